The van der Waals surface area contributed by atoms with Crippen molar-refractivity contribution in [2.24, 2.45) is 5.92 Å². The molecule has 0 aliphatic carbocycles. The minimum absolute atomic E-state index is 0.637. The summed E-state index contributed by atoms with van der Waals surface area (Å²) in [4.78, 5) is 6.67. The van der Waals surface area contributed by atoms with Crippen molar-refractivity contribution in [2.75, 3.05) is 20.1 Å². The van der Waals surface area contributed by atoms with Crippen molar-refractivity contribution in [3.05, 3.63) is 60.4 Å². The lowest BCUT2D eigenvalue weighted by molar-refractivity contribution is 0.238. The Morgan fingerprint density at radius 3 is 2.86 bits per heavy atom. The van der Waals surface area contributed by atoms with Gasteiger partial charge in [0.25, 0.3) is 0 Å². The zero-order chi connectivity index (χ0) is 15.2. The molecule has 0 N–H and O–H groups in total. The van der Waals surface area contributed by atoms with Gasteiger partial charge in [-0.25, -0.2) is 0 Å². The van der Waals surface area contributed by atoms with E-state index in [0.717, 1.165) is 23.6 Å². The van der Waals surface area contributed by atoms with E-state index in [4.69, 9.17) is 4.74 Å². The highest BCUT2D eigenvalue weighted by atomic mass is 16.5. The Bertz CT molecular complexity index is 624. The minimum Gasteiger partial charge on any atom is -0.456 e. The number of para-hydroxylation sites is 1. The zero-order valence-corrected chi connectivity index (χ0v) is 13.0. The lowest BCUT2D eigenvalue weighted by atomic mass is 9.97. The van der Waals surface area contributed by atoms with Gasteiger partial charge in [-0.15, -0.1) is 0 Å². The fourth-order valence-corrected chi connectivity index (χ4v) is 2.82. The van der Waals surface area contributed by atoms with Crippen LogP contribution in [0.3, 0.4) is 0 Å². The van der Waals surface area contributed by atoms with Gasteiger partial charge >= 0.3 is 0 Å². The highest BCUT2D eigenvalue weighted by Gasteiger charge is 2.14. The molecule has 22 heavy (non-hydrogen) atoms. The summed E-state index contributed by atoms with van der Waals surface area (Å²) in [5.41, 5.74) is 1.08. The average Bonchev–Trinajstić information content (AvgIpc) is 2.54. The molecule has 1 aromatic carbocycles. The van der Waals surface area contributed by atoms with Crippen LogP contribution in [0.15, 0.2) is 54.9 Å². The molecule has 0 bridgehead atoms. The maximum atomic E-state index is 5.82. The van der Waals surface area contributed by atoms with Crippen LogP contribution in [-0.2, 0) is 0 Å². The summed E-state index contributed by atoms with van der Waals surface area (Å²) in [7, 11) is 2.19. The number of nitrogens with zero attached hydrogens (tertiary/aromatic N) is 2. The first kappa shape index (κ1) is 14.8. The van der Waals surface area contributed by atoms with E-state index in [2.05, 4.69) is 29.1 Å². The number of ether oxygens (including phenoxy) is 1. The van der Waals surface area contributed by atoms with Crippen molar-refractivity contribution in [1.29, 1.82) is 0 Å². The number of hydrogen-bond donors (Lipinski definition) is 0. The molecule has 1 unspecified atom stereocenters. The van der Waals surface area contributed by atoms with Gasteiger partial charge in [0.05, 0.1) is 6.20 Å². The predicted octanol–water partition coefficient (Wildman–Crippen LogP) is 4.23. The summed E-state index contributed by atoms with van der Waals surface area (Å²) < 4.78 is 5.82. The van der Waals surface area contributed by atoms with Crippen LogP contribution in [0.4, 0.5) is 0 Å². The van der Waals surface area contributed by atoms with E-state index in [9.17, 15) is 0 Å². The molecule has 3 heteroatoms. The first-order valence-electron chi connectivity index (χ1n) is 7.84. The smallest absolute Gasteiger partial charge is 0.146 e. The molecule has 0 amide bonds. The molecule has 1 atom stereocenters. The van der Waals surface area contributed by atoms with Gasteiger partial charge < -0.3 is 9.64 Å². The van der Waals surface area contributed by atoms with E-state index in [1.807, 2.05) is 42.6 Å². The molecule has 1 saturated heterocycles. The van der Waals surface area contributed by atoms with Gasteiger partial charge in [-0.3, -0.25) is 4.98 Å². The highest BCUT2D eigenvalue weighted by Crippen LogP contribution is 2.22. The fraction of sp³-hybridized carbons (Fsp3) is 0.316. The predicted molar refractivity (Wildman–Crippen MR) is 90.0 cm³/mol. The number of pyridine rings is 1. The third-order valence-electron chi connectivity index (χ3n) is 3.93. The lowest BCUT2D eigenvalue weighted by Crippen LogP contribution is -2.30. The number of benzene rings is 1. The molecule has 1 aliphatic rings. The Morgan fingerprint density at radius 1 is 1.18 bits per heavy atom. The van der Waals surface area contributed by atoms with Crippen molar-refractivity contribution in [2.45, 2.75) is 12.8 Å². The van der Waals surface area contributed by atoms with Gasteiger partial charge in [-0.1, -0.05) is 30.4 Å². The van der Waals surface area contributed by atoms with Gasteiger partial charge in [-0.05, 0) is 56.1 Å². The molecule has 0 saturated carbocycles. The third-order valence-corrected chi connectivity index (χ3v) is 3.93. The van der Waals surface area contributed by atoms with Gasteiger partial charge in [0.15, 0.2) is 0 Å². The number of piperidine rings is 1. The number of rotatable bonds is 4. The second-order valence-electron chi connectivity index (χ2n) is 5.89. The first-order valence-corrected chi connectivity index (χ1v) is 7.84. The average molecular weight is 294 g/mol. The van der Waals surface area contributed by atoms with E-state index in [0.29, 0.717) is 5.92 Å². The molecule has 1 aromatic heterocycles. The van der Waals surface area contributed by atoms with Crippen LogP contribution in [0.25, 0.3) is 6.08 Å². The van der Waals surface area contributed by atoms with E-state index in [1.54, 1.807) is 6.20 Å². The van der Waals surface area contributed by atoms with Crippen LogP contribution >= 0.6 is 0 Å². The van der Waals surface area contributed by atoms with Crippen molar-refractivity contribution < 1.29 is 4.74 Å². The largest absolute Gasteiger partial charge is 0.456 e. The zero-order valence-electron chi connectivity index (χ0n) is 13.0. The Morgan fingerprint density at radius 2 is 2.05 bits per heavy atom. The minimum atomic E-state index is 0.637. The second kappa shape index (κ2) is 7.23. The van der Waals surface area contributed by atoms with Gasteiger partial charge in [0.1, 0.15) is 11.5 Å². The number of likely N-dealkylation sites (tertiary alicyclic amines) is 1. The topological polar surface area (TPSA) is 25.4 Å². The van der Waals surface area contributed by atoms with Gasteiger partial charge in [-0.2, -0.15) is 0 Å². The summed E-state index contributed by atoms with van der Waals surface area (Å²) in [6.45, 7) is 2.36. The molecule has 0 spiro atoms. The van der Waals surface area contributed by atoms with E-state index in [1.165, 1.54) is 19.4 Å². The standard InChI is InChI=1S/C19H22N2O/c1-21-11-5-6-16(15-21)9-10-17-12-19(14-20-13-17)22-18-7-3-2-4-8-18/h2-4,7-10,12-14,16H,5-6,11,15H2,1H3. The molecular weight excluding hydrogens is 272 g/mol. The molecule has 114 valence electrons. The first-order chi connectivity index (χ1) is 10.8. The van der Waals surface area contributed by atoms with E-state index < -0.39 is 0 Å². The van der Waals surface area contributed by atoms with E-state index in [-0.39, 0.29) is 0 Å². The summed E-state index contributed by atoms with van der Waals surface area (Å²) in [6, 6.07) is 11.8. The van der Waals surface area contributed by atoms with Crippen molar-refractivity contribution in [3.8, 4) is 11.5 Å². The summed E-state index contributed by atoms with van der Waals surface area (Å²) in [5, 5.41) is 0. The number of aromatic nitrogens is 1. The molecule has 2 heterocycles. The molecule has 2 aromatic rings. The van der Waals surface area contributed by atoms with Crippen molar-refractivity contribution in [3.63, 3.8) is 0 Å². The monoisotopic (exact) mass is 294 g/mol. The van der Waals surface area contributed by atoms with Gasteiger partial charge in [0.2, 0.25) is 0 Å². The highest BCUT2D eigenvalue weighted by molar-refractivity contribution is 5.50. The summed E-state index contributed by atoms with van der Waals surface area (Å²) >= 11 is 0. The van der Waals surface area contributed by atoms with Crippen LogP contribution in [0.5, 0.6) is 11.5 Å². The Hall–Kier alpha value is -2.13. The van der Waals surface area contributed by atoms with Crippen LogP contribution in [0.2, 0.25) is 0 Å². The Kier molecular flexibility index (Phi) is 4.86. The summed E-state index contributed by atoms with van der Waals surface area (Å²) in [6.07, 6.45) is 10.6. The van der Waals surface area contributed by atoms with Crippen molar-refractivity contribution >= 4 is 6.08 Å². The Balaban J connectivity index is 1.66. The molecule has 1 fully saturated rings. The molecule has 3 rings (SSSR count). The quantitative estimate of drug-likeness (QED) is 0.844. The number of hydrogen-bond acceptors (Lipinski definition) is 3. The molecule has 3 nitrogen and oxygen atoms in total. The second-order valence-corrected chi connectivity index (χ2v) is 5.89. The molecule has 0 radical (unpaired) electrons. The van der Waals surface area contributed by atoms with Gasteiger partial charge in [0, 0.05) is 12.7 Å². The maximum Gasteiger partial charge on any atom is 0.146 e. The van der Waals surface area contributed by atoms with Crippen LogP contribution in [0.1, 0.15) is 18.4 Å². The van der Waals surface area contributed by atoms with Crippen LogP contribution in [-0.4, -0.2) is 30.0 Å². The van der Waals surface area contributed by atoms with E-state index >= 15 is 0 Å². The summed E-state index contributed by atoms with van der Waals surface area (Å²) in [5.74, 6) is 2.24. The van der Waals surface area contributed by atoms with Crippen molar-refractivity contribution in [1.82, 2.24) is 9.88 Å². The SMILES string of the molecule is CN1CCCC(C=Cc2cncc(Oc3ccccc3)c2)C1. The lowest BCUT2D eigenvalue weighted by Gasteiger charge is -2.27. The Labute approximate surface area is 132 Å². The van der Waals surface area contributed by atoms with Crippen LogP contribution < -0.4 is 4.74 Å². The maximum absolute atomic E-state index is 5.82. The normalized spacial score (nSPS) is 19.4. The molecule has 1 aliphatic heterocycles. The molecular formula is C19H22N2O. The van der Waals surface area contributed by atoms with Crippen LogP contribution in [0, 0.1) is 5.92 Å². The fourth-order valence-electron chi connectivity index (χ4n) is 2.82. The third kappa shape index (κ3) is 4.18.